The molecule has 0 saturated carbocycles. The van der Waals surface area contributed by atoms with E-state index in [-0.39, 0.29) is 65.2 Å². The normalized spacial score (nSPS) is 16.0. The van der Waals surface area contributed by atoms with Gasteiger partial charge in [-0.05, 0) is 19.1 Å². The topological polar surface area (TPSA) is 109 Å². The van der Waals surface area contributed by atoms with E-state index in [4.69, 9.17) is 36.3 Å². The van der Waals surface area contributed by atoms with Crippen LogP contribution in [0.2, 0.25) is 5.02 Å². The molecular weight excluding hydrogens is 450 g/mol. The Kier molecular flexibility index (Phi) is 9.42. The van der Waals surface area contributed by atoms with Gasteiger partial charge in [0, 0.05) is 17.1 Å². The number of alkyl halides is 1. The molecule has 1 aromatic carbocycles. The number of benzene rings is 1. The molecule has 8 nitrogen and oxygen atoms in total. The highest BCUT2D eigenvalue weighted by atomic mass is 35.5. The average molecular weight is 475 g/mol. The second-order valence-electron chi connectivity index (χ2n) is 6.51. The third kappa shape index (κ3) is 5.20. The van der Waals surface area contributed by atoms with Gasteiger partial charge in [-0.1, -0.05) is 11.6 Å². The van der Waals surface area contributed by atoms with Crippen LogP contribution < -0.4 is 15.8 Å². The summed E-state index contributed by atoms with van der Waals surface area (Å²) < 4.78 is 49.9. The van der Waals surface area contributed by atoms with Gasteiger partial charge in [0.1, 0.15) is 6.67 Å². The van der Waals surface area contributed by atoms with E-state index in [2.05, 4.69) is 5.32 Å². The Hall–Kier alpha value is -2.69. The molecule has 1 heterocycles. The third-order valence-corrected chi connectivity index (χ3v) is 5.00. The van der Waals surface area contributed by atoms with Crippen molar-refractivity contribution in [3.05, 3.63) is 51.1 Å². The Bertz CT molecular complexity index is 935. The minimum Gasteiger partial charge on any atom is -0.494 e. The van der Waals surface area contributed by atoms with Crippen LogP contribution in [0.25, 0.3) is 0 Å². The molecule has 0 amide bonds. The highest BCUT2D eigenvalue weighted by Gasteiger charge is 2.42. The highest BCUT2D eigenvalue weighted by Crippen LogP contribution is 2.45. The molecular formula is C21H25ClF2N2O6. The number of hydrogen-bond donors (Lipinski definition) is 2. The summed E-state index contributed by atoms with van der Waals surface area (Å²) in [4.78, 5) is 25.7. The zero-order valence-corrected chi connectivity index (χ0v) is 18.7. The van der Waals surface area contributed by atoms with Crippen LogP contribution in [0.3, 0.4) is 0 Å². The van der Waals surface area contributed by atoms with Crippen molar-refractivity contribution in [2.75, 3.05) is 47.3 Å². The Morgan fingerprint density at radius 1 is 1.19 bits per heavy atom. The number of ether oxygens (including phenoxy) is 4. The van der Waals surface area contributed by atoms with Crippen LogP contribution in [0.5, 0.6) is 5.75 Å². The van der Waals surface area contributed by atoms with Gasteiger partial charge in [-0.2, -0.15) is 0 Å². The highest BCUT2D eigenvalue weighted by molar-refractivity contribution is 6.31. The van der Waals surface area contributed by atoms with Crippen LogP contribution in [-0.4, -0.2) is 59.2 Å². The second kappa shape index (κ2) is 11.8. The molecule has 1 unspecified atom stereocenters. The fourth-order valence-corrected chi connectivity index (χ4v) is 3.60. The van der Waals surface area contributed by atoms with Crippen LogP contribution in [0, 0.1) is 5.82 Å². The van der Waals surface area contributed by atoms with Gasteiger partial charge in [-0.3, -0.25) is 0 Å². The number of carbonyl (C=O) groups is 2. The van der Waals surface area contributed by atoms with Crippen LogP contribution in [0.15, 0.2) is 34.7 Å². The van der Waals surface area contributed by atoms with Crippen LogP contribution in [0.4, 0.5) is 8.78 Å². The van der Waals surface area contributed by atoms with E-state index in [1.807, 2.05) is 0 Å². The summed E-state index contributed by atoms with van der Waals surface area (Å²) >= 11 is 6.31. The molecule has 11 heteroatoms. The zero-order chi connectivity index (χ0) is 23.8. The Morgan fingerprint density at radius 3 is 2.44 bits per heavy atom. The summed E-state index contributed by atoms with van der Waals surface area (Å²) in [6.07, 6.45) is 0. The predicted octanol–water partition coefficient (Wildman–Crippen LogP) is 2.36. The smallest absolute Gasteiger partial charge is 0.336 e. The predicted molar refractivity (Wildman–Crippen MR) is 112 cm³/mol. The van der Waals surface area contributed by atoms with Gasteiger partial charge in [0.05, 0.1) is 62.5 Å². The number of allylic oxidation sites excluding steroid dienone is 1. The molecule has 0 aliphatic carbocycles. The Labute approximate surface area is 189 Å². The molecule has 0 radical (unpaired) electrons. The lowest BCUT2D eigenvalue weighted by Gasteiger charge is -2.32. The van der Waals surface area contributed by atoms with Crippen molar-refractivity contribution in [3.63, 3.8) is 0 Å². The number of hydrogen-bond acceptors (Lipinski definition) is 8. The molecule has 0 saturated heterocycles. The van der Waals surface area contributed by atoms with Crippen LogP contribution >= 0.6 is 11.6 Å². The van der Waals surface area contributed by atoms with Gasteiger partial charge in [-0.15, -0.1) is 0 Å². The fourth-order valence-electron chi connectivity index (χ4n) is 3.35. The first-order valence-electron chi connectivity index (χ1n) is 9.70. The minimum absolute atomic E-state index is 0.00639. The van der Waals surface area contributed by atoms with Gasteiger partial charge >= 0.3 is 11.9 Å². The number of nitrogens with two attached hydrogens (primary N) is 1. The number of methoxy groups -OCH3 is 2. The van der Waals surface area contributed by atoms with Crippen molar-refractivity contribution >= 4 is 23.5 Å². The van der Waals surface area contributed by atoms with Crippen molar-refractivity contribution in [3.8, 4) is 5.75 Å². The molecule has 1 atom stereocenters. The summed E-state index contributed by atoms with van der Waals surface area (Å²) in [5, 5.41) is 2.59. The number of carbonyl (C=O) groups excluding carboxylic acids is 2. The first-order valence-corrected chi connectivity index (χ1v) is 10.1. The van der Waals surface area contributed by atoms with Crippen molar-refractivity contribution < 1.29 is 37.3 Å². The monoisotopic (exact) mass is 474 g/mol. The van der Waals surface area contributed by atoms with E-state index in [1.165, 1.54) is 19.2 Å². The van der Waals surface area contributed by atoms with E-state index in [1.54, 1.807) is 6.92 Å². The summed E-state index contributed by atoms with van der Waals surface area (Å²) in [7, 11) is 2.33. The molecule has 0 spiro atoms. The fraction of sp³-hybridized carbons (Fsp3) is 0.429. The lowest BCUT2D eigenvalue weighted by molar-refractivity contribution is -0.139. The number of rotatable bonds is 10. The Balaban J connectivity index is 2.87. The lowest BCUT2D eigenvalue weighted by Crippen LogP contribution is -2.36. The number of halogens is 3. The van der Waals surface area contributed by atoms with E-state index in [0.29, 0.717) is 0 Å². The molecule has 0 fully saturated rings. The Morgan fingerprint density at radius 2 is 1.88 bits per heavy atom. The molecule has 176 valence electrons. The van der Waals surface area contributed by atoms with E-state index < -0.39 is 30.3 Å². The molecule has 0 bridgehead atoms. The second-order valence-corrected chi connectivity index (χ2v) is 6.91. The van der Waals surface area contributed by atoms with Crippen molar-refractivity contribution in [1.82, 2.24) is 5.32 Å². The maximum Gasteiger partial charge on any atom is 0.336 e. The minimum atomic E-state index is -1.45. The zero-order valence-electron chi connectivity index (χ0n) is 17.9. The van der Waals surface area contributed by atoms with Crippen molar-refractivity contribution in [1.29, 1.82) is 0 Å². The molecule has 2 rings (SSSR count). The largest absolute Gasteiger partial charge is 0.494 e. The summed E-state index contributed by atoms with van der Waals surface area (Å²) in [6, 6.07) is 2.64. The summed E-state index contributed by atoms with van der Waals surface area (Å²) in [5.74, 6) is -4.40. The molecule has 3 N–H and O–H groups in total. The quantitative estimate of drug-likeness (QED) is 0.393. The average Bonchev–Trinajstić information content (AvgIpc) is 2.78. The number of esters is 2. The maximum absolute atomic E-state index is 15.4. The van der Waals surface area contributed by atoms with E-state index in [0.717, 1.165) is 7.11 Å². The molecule has 1 aromatic rings. The van der Waals surface area contributed by atoms with Gasteiger partial charge in [0.15, 0.2) is 11.6 Å². The van der Waals surface area contributed by atoms with Gasteiger partial charge < -0.3 is 30.0 Å². The number of nitrogens with one attached hydrogen (secondary N) is 1. The van der Waals surface area contributed by atoms with Crippen molar-refractivity contribution in [2.45, 2.75) is 12.8 Å². The van der Waals surface area contributed by atoms with Gasteiger partial charge in [-0.25, -0.2) is 18.4 Å². The standard InChI is InChI=1S/C21H25ClF2N2O6/c1-4-32-21(28)17-13(10-31-8-7-25)26-12(9-23)16(20(27)30-3)18(17)15-11(22)5-6-14(29-2)19(15)24/h5-6,18,26H,4,7-10,25H2,1-3H3. The maximum atomic E-state index is 15.4. The molecule has 0 aromatic heterocycles. The van der Waals surface area contributed by atoms with Gasteiger partial charge in [0.25, 0.3) is 0 Å². The van der Waals surface area contributed by atoms with Gasteiger partial charge in [0.2, 0.25) is 0 Å². The third-order valence-electron chi connectivity index (χ3n) is 4.67. The molecule has 1 aliphatic heterocycles. The first kappa shape index (κ1) is 25.6. The summed E-state index contributed by atoms with van der Waals surface area (Å²) in [6.45, 7) is 0.564. The molecule has 1 aliphatic rings. The summed E-state index contributed by atoms with van der Waals surface area (Å²) in [5.41, 5.74) is 4.55. The van der Waals surface area contributed by atoms with Crippen LogP contribution in [0.1, 0.15) is 18.4 Å². The van der Waals surface area contributed by atoms with E-state index in [9.17, 15) is 14.0 Å². The molecule has 32 heavy (non-hydrogen) atoms. The first-order chi connectivity index (χ1) is 15.4. The SMILES string of the molecule is CCOC(=O)C1=C(COCCN)NC(CF)=C(C(=O)OC)C1c1c(Cl)ccc(OC)c1F. The van der Waals surface area contributed by atoms with Crippen molar-refractivity contribution in [2.24, 2.45) is 5.73 Å². The number of dihydropyridines is 1. The van der Waals surface area contributed by atoms with Crippen LogP contribution in [-0.2, 0) is 23.8 Å². The van der Waals surface area contributed by atoms with E-state index >= 15 is 4.39 Å². The lowest BCUT2D eigenvalue weighted by atomic mass is 9.79.